The highest BCUT2D eigenvalue weighted by molar-refractivity contribution is 6.01. The largest absolute Gasteiger partial charge is 0.380 e. The van der Waals surface area contributed by atoms with E-state index in [4.69, 9.17) is 4.74 Å². The van der Waals surface area contributed by atoms with Crippen molar-refractivity contribution >= 4 is 17.5 Å². The van der Waals surface area contributed by atoms with Crippen LogP contribution in [0.3, 0.4) is 0 Å². The molecular formula is C13H16N2O3. The van der Waals surface area contributed by atoms with Crippen LogP contribution >= 0.6 is 0 Å². The Hall–Kier alpha value is -1.88. The monoisotopic (exact) mass is 248 g/mol. The lowest BCUT2D eigenvalue weighted by Gasteiger charge is -2.11. The SMILES string of the molecule is COC(C)CNC(=O)c1ccc2c(c1)CC(=O)N2. The minimum atomic E-state index is -0.152. The van der Waals surface area contributed by atoms with Crippen LogP contribution in [0.4, 0.5) is 5.69 Å². The summed E-state index contributed by atoms with van der Waals surface area (Å²) in [4.78, 5) is 23.1. The Balaban J connectivity index is 2.04. The molecular weight excluding hydrogens is 232 g/mol. The van der Waals surface area contributed by atoms with Gasteiger partial charge in [-0.25, -0.2) is 0 Å². The van der Waals surface area contributed by atoms with E-state index in [1.54, 1.807) is 25.3 Å². The smallest absolute Gasteiger partial charge is 0.251 e. The number of ether oxygens (including phenoxy) is 1. The molecule has 1 aromatic rings. The molecule has 0 aromatic heterocycles. The second-order valence-corrected chi connectivity index (χ2v) is 4.35. The number of benzene rings is 1. The number of nitrogens with one attached hydrogen (secondary N) is 2. The van der Waals surface area contributed by atoms with Crippen molar-refractivity contribution in [1.29, 1.82) is 0 Å². The first-order valence-corrected chi connectivity index (χ1v) is 5.84. The number of fused-ring (bicyclic) bond motifs is 1. The van der Waals surface area contributed by atoms with Gasteiger partial charge >= 0.3 is 0 Å². The molecule has 1 aromatic carbocycles. The fourth-order valence-electron chi connectivity index (χ4n) is 1.79. The van der Waals surface area contributed by atoms with Gasteiger partial charge in [0.05, 0.1) is 12.5 Å². The van der Waals surface area contributed by atoms with Crippen LogP contribution in [0.1, 0.15) is 22.8 Å². The molecule has 5 heteroatoms. The van der Waals surface area contributed by atoms with Crippen molar-refractivity contribution in [3.05, 3.63) is 29.3 Å². The van der Waals surface area contributed by atoms with E-state index < -0.39 is 0 Å². The van der Waals surface area contributed by atoms with E-state index in [0.29, 0.717) is 18.5 Å². The summed E-state index contributed by atoms with van der Waals surface area (Å²) in [6.07, 6.45) is 0.317. The second-order valence-electron chi connectivity index (χ2n) is 4.35. The summed E-state index contributed by atoms with van der Waals surface area (Å²) in [5, 5.41) is 5.51. The molecule has 5 nitrogen and oxygen atoms in total. The lowest BCUT2D eigenvalue weighted by Crippen LogP contribution is -2.31. The van der Waals surface area contributed by atoms with E-state index in [1.165, 1.54) is 0 Å². The summed E-state index contributed by atoms with van der Waals surface area (Å²) in [5.41, 5.74) is 2.22. The zero-order valence-electron chi connectivity index (χ0n) is 10.4. The Morgan fingerprint density at radius 3 is 3.06 bits per heavy atom. The maximum atomic E-state index is 11.9. The number of rotatable bonds is 4. The molecule has 2 N–H and O–H groups in total. The Bertz CT molecular complexity index is 485. The second kappa shape index (κ2) is 5.18. The van der Waals surface area contributed by atoms with Crippen LogP contribution in [0.15, 0.2) is 18.2 Å². The number of hydrogen-bond donors (Lipinski definition) is 2. The highest BCUT2D eigenvalue weighted by atomic mass is 16.5. The fraction of sp³-hybridized carbons (Fsp3) is 0.385. The summed E-state index contributed by atoms with van der Waals surface area (Å²) in [6, 6.07) is 5.21. The van der Waals surface area contributed by atoms with Gasteiger partial charge < -0.3 is 15.4 Å². The summed E-state index contributed by atoms with van der Waals surface area (Å²) >= 11 is 0. The first-order chi connectivity index (χ1) is 8.60. The number of hydrogen-bond acceptors (Lipinski definition) is 3. The zero-order chi connectivity index (χ0) is 13.1. The van der Waals surface area contributed by atoms with Crippen LogP contribution in [-0.4, -0.2) is 31.6 Å². The standard InChI is InChI=1S/C13H16N2O3/c1-8(18-2)7-14-13(17)9-3-4-11-10(5-9)6-12(16)15-11/h3-5,8H,6-7H2,1-2H3,(H,14,17)(H,15,16). The quantitative estimate of drug-likeness (QED) is 0.833. The maximum absolute atomic E-state index is 11.9. The molecule has 1 unspecified atom stereocenters. The van der Waals surface area contributed by atoms with Crippen molar-refractivity contribution in [2.45, 2.75) is 19.4 Å². The van der Waals surface area contributed by atoms with Crippen LogP contribution in [-0.2, 0) is 16.0 Å². The number of carbonyl (C=O) groups excluding carboxylic acids is 2. The molecule has 0 spiro atoms. The molecule has 0 bridgehead atoms. The topological polar surface area (TPSA) is 67.4 Å². The Labute approximate surface area is 106 Å². The van der Waals surface area contributed by atoms with Crippen LogP contribution in [0.25, 0.3) is 0 Å². The molecule has 0 aliphatic carbocycles. The lowest BCUT2D eigenvalue weighted by atomic mass is 10.1. The van der Waals surface area contributed by atoms with Crippen molar-refractivity contribution in [1.82, 2.24) is 5.32 Å². The third-order valence-electron chi connectivity index (χ3n) is 2.94. The van der Waals surface area contributed by atoms with E-state index in [-0.39, 0.29) is 17.9 Å². The van der Waals surface area contributed by atoms with Crippen molar-refractivity contribution in [2.24, 2.45) is 0 Å². The van der Waals surface area contributed by atoms with Gasteiger partial charge in [-0.05, 0) is 30.7 Å². The minimum absolute atomic E-state index is 0.0216. The Morgan fingerprint density at radius 1 is 1.56 bits per heavy atom. The van der Waals surface area contributed by atoms with Crippen molar-refractivity contribution in [3.8, 4) is 0 Å². The molecule has 0 saturated heterocycles. The van der Waals surface area contributed by atoms with Gasteiger partial charge in [-0.2, -0.15) is 0 Å². The average Bonchev–Trinajstić information content (AvgIpc) is 2.74. The van der Waals surface area contributed by atoms with Crippen molar-refractivity contribution in [3.63, 3.8) is 0 Å². The third-order valence-corrected chi connectivity index (χ3v) is 2.94. The number of anilines is 1. The molecule has 0 fully saturated rings. The molecule has 96 valence electrons. The molecule has 1 heterocycles. The summed E-state index contributed by atoms with van der Waals surface area (Å²) in [5.74, 6) is -0.184. The molecule has 1 atom stereocenters. The number of methoxy groups -OCH3 is 1. The molecule has 0 radical (unpaired) electrons. The average molecular weight is 248 g/mol. The fourth-order valence-corrected chi connectivity index (χ4v) is 1.79. The van der Waals surface area contributed by atoms with Gasteiger partial charge in [-0.1, -0.05) is 0 Å². The molecule has 1 aliphatic heterocycles. The first-order valence-electron chi connectivity index (χ1n) is 5.84. The van der Waals surface area contributed by atoms with Crippen LogP contribution in [0.2, 0.25) is 0 Å². The predicted molar refractivity (Wildman–Crippen MR) is 67.6 cm³/mol. The Kier molecular flexibility index (Phi) is 3.62. The minimum Gasteiger partial charge on any atom is -0.380 e. The van der Waals surface area contributed by atoms with Gasteiger partial charge in [0.25, 0.3) is 5.91 Å². The van der Waals surface area contributed by atoms with Gasteiger partial charge in [0, 0.05) is 24.9 Å². The lowest BCUT2D eigenvalue weighted by molar-refractivity contribution is -0.115. The molecule has 18 heavy (non-hydrogen) atoms. The zero-order valence-corrected chi connectivity index (χ0v) is 10.4. The summed E-state index contributed by atoms with van der Waals surface area (Å²) < 4.78 is 5.06. The van der Waals surface area contributed by atoms with Gasteiger partial charge in [-0.15, -0.1) is 0 Å². The summed E-state index contributed by atoms with van der Waals surface area (Å²) in [6.45, 7) is 2.34. The van der Waals surface area contributed by atoms with E-state index in [9.17, 15) is 9.59 Å². The normalized spacial score (nSPS) is 14.9. The van der Waals surface area contributed by atoms with Crippen molar-refractivity contribution in [2.75, 3.05) is 19.0 Å². The van der Waals surface area contributed by atoms with Gasteiger partial charge in [0.15, 0.2) is 0 Å². The molecule has 0 saturated carbocycles. The maximum Gasteiger partial charge on any atom is 0.251 e. The van der Waals surface area contributed by atoms with E-state index in [1.807, 2.05) is 6.92 Å². The molecule has 2 amide bonds. The third kappa shape index (κ3) is 2.68. The highest BCUT2D eigenvalue weighted by Crippen LogP contribution is 2.23. The Morgan fingerprint density at radius 2 is 2.33 bits per heavy atom. The number of amides is 2. The van der Waals surface area contributed by atoms with E-state index >= 15 is 0 Å². The predicted octanol–water partition coefficient (Wildman–Crippen LogP) is 0.946. The molecule has 1 aliphatic rings. The highest BCUT2D eigenvalue weighted by Gasteiger charge is 2.19. The van der Waals surface area contributed by atoms with Gasteiger partial charge in [0.1, 0.15) is 0 Å². The van der Waals surface area contributed by atoms with E-state index in [2.05, 4.69) is 10.6 Å². The van der Waals surface area contributed by atoms with Gasteiger partial charge in [0.2, 0.25) is 5.91 Å². The number of carbonyl (C=O) groups is 2. The van der Waals surface area contributed by atoms with Crippen LogP contribution in [0.5, 0.6) is 0 Å². The molecule has 2 rings (SSSR count). The van der Waals surface area contributed by atoms with Crippen LogP contribution in [0, 0.1) is 0 Å². The summed E-state index contributed by atoms with van der Waals surface area (Å²) in [7, 11) is 1.60. The van der Waals surface area contributed by atoms with Gasteiger partial charge in [-0.3, -0.25) is 9.59 Å². The van der Waals surface area contributed by atoms with Crippen LogP contribution < -0.4 is 10.6 Å². The first kappa shape index (κ1) is 12.6. The van der Waals surface area contributed by atoms with Crippen molar-refractivity contribution < 1.29 is 14.3 Å². The van der Waals surface area contributed by atoms with E-state index in [0.717, 1.165) is 11.3 Å².